The van der Waals surface area contributed by atoms with Crippen LogP contribution in [0.15, 0.2) is 36.5 Å². The molecule has 0 amide bonds. The van der Waals surface area contributed by atoms with Crippen molar-refractivity contribution in [1.82, 2.24) is 20.2 Å². The number of ether oxygens (including phenoxy) is 1. The highest BCUT2D eigenvalue weighted by atomic mass is 35.5. The molecule has 2 aliphatic carbocycles. The van der Waals surface area contributed by atoms with E-state index >= 15 is 0 Å². The molecule has 1 unspecified atom stereocenters. The van der Waals surface area contributed by atoms with Crippen molar-refractivity contribution in [2.45, 2.75) is 38.0 Å². The molecule has 0 N–H and O–H groups in total. The van der Waals surface area contributed by atoms with Crippen molar-refractivity contribution in [3.05, 3.63) is 70.1 Å². The Morgan fingerprint density at radius 3 is 2.81 bits per heavy atom. The maximum absolute atomic E-state index is 14.5. The van der Waals surface area contributed by atoms with Gasteiger partial charge in [0.05, 0.1) is 40.2 Å². The zero-order valence-electron chi connectivity index (χ0n) is 17.3. The SMILES string of the molecule is COC(=O)c1nccc(C23CC[C@@H](c4cc(-c5c(F)cccc5Cl)nnc42)C3(C)C)n1. The molecule has 0 radical (unpaired) electrons. The van der Waals surface area contributed by atoms with Gasteiger partial charge in [0.25, 0.3) is 0 Å². The molecule has 0 spiro atoms. The third-order valence-corrected chi connectivity index (χ3v) is 7.38. The van der Waals surface area contributed by atoms with E-state index in [4.69, 9.17) is 16.3 Å². The first kappa shape index (κ1) is 20.0. The van der Waals surface area contributed by atoms with Gasteiger partial charge >= 0.3 is 5.97 Å². The van der Waals surface area contributed by atoms with Gasteiger partial charge in [-0.1, -0.05) is 31.5 Å². The lowest BCUT2D eigenvalue weighted by molar-refractivity contribution is 0.0585. The minimum atomic E-state index is -0.584. The van der Waals surface area contributed by atoms with Gasteiger partial charge in [-0.3, -0.25) is 0 Å². The van der Waals surface area contributed by atoms with Gasteiger partial charge in [-0.05, 0) is 54.0 Å². The number of nitrogens with zero attached hydrogens (tertiary/aromatic N) is 4. The largest absolute Gasteiger partial charge is 0.463 e. The average molecular weight is 439 g/mol. The molecule has 2 atom stereocenters. The molecule has 2 aromatic heterocycles. The Morgan fingerprint density at radius 2 is 2.06 bits per heavy atom. The smallest absolute Gasteiger partial charge is 0.376 e. The molecular weight excluding hydrogens is 419 g/mol. The van der Waals surface area contributed by atoms with Crippen LogP contribution in [0.4, 0.5) is 4.39 Å². The second-order valence-corrected chi connectivity index (χ2v) is 9.01. The summed E-state index contributed by atoms with van der Waals surface area (Å²) in [5.41, 5.74) is 2.48. The van der Waals surface area contributed by atoms with Crippen molar-refractivity contribution in [1.29, 1.82) is 0 Å². The summed E-state index contributed by atoms with van der Waals surface area (Å²) < 4.78 is 19.3. The van der Waals surface area contributed by atoms with Crippen LogP contribution in [0, 0.1) is 11.2 Å². The van der Waals surface area contributed by atoms with E-state index in [2.05, 4.69) is 34.0 Å². The first-order valence-corrected chi connectivity index (χ1v) is 10.4. The Labute approximate surface area is 183 Å². The summed E-state index contributed by atoms with van der Waals surface area (Å²) in [5, 5.41) is 9.25. The van der Waals surface area contributed by atoms with E-state index in [1.165, 1.54) is 13.2 Å². The average Bonchev–Trinajstić information content (AvgIpc) is 3.14. The molecule has 1 aromatic carbocycles. The standard InChI is InChI=1S/C23H20ClFN4O2/c1-22(2)13-7-9-23(22,17-8-10-26-20(27-17)21(30)31-3)19-12(13)11-16(28-29-19)18-14(24)5-4-6-15(18)25/h4-6,8,10-11,13H,7,9H2,1-3H3/t13-,23?/m0/s1. The Morgan fingerprint density at radius 1 is 1.26 bits per heavy atom. The Bertz CT molecular complexity index is 1210. The number of rotatable bonds is 3. The molecule has 2 aliphatic rings. The molecule has 1 saturated carbocycles. The maximum atomic E-state index is 14.5. The summed E-state index contributed by atoms with van der Waals surface area (Å²) in [4.78, 5) is 20.7. The van der Waals surface area contributed by atoms with Gasteiger partial charge < -0.3 is 4.74 Å². The molecule has 31 heavy (non-hydrogen) atoms. The topological polar surface area (TPSA) is 77.9 Å². The molecule has 5 rings (SSSR count). The third kappa shape index (κ3) is 2.59. The zero-order chi connectivity index (χ0) is 22.0. The molecule has 158 valence electrons. The van der Waals surface area contributed by atoms with Gasteiger partial charge in [-0.25, -0.2) is 19.2 Å². The zero-order valence-corrected chi connectivity index (χ0v) is 18.1. The van der Waals surface area contributed by atoms with Crippen LogP contribution in [0.3, 0.4) is 0 Å². The normalized spacial score (nSPS) is 22.9. The second-order valence-electron chi connectivity index (χ2n) is 8.61. The van der Waals surface area contributed by atoms with Gasteiger partial charge in [0.1, 0.15) is 5.82 Å². The predicted octanol–water partition coefficient (Wildman–Crippen LogP) is 4.72. The fraction of sp³-hybridized carbons (Fsp3) is 0.348. The summed E-state index contributed by atoms with van der Waals surface area (Å²) in [5.74, 6) is -0.805. The van der Waals surface area contributed by atoms with E-state index in [-0.39, 0.29) is 22.7 Å². The van der Waals surface area contributed by atoms with Crippen LogP contribution in [-0.2, 0) is 10.2 Å². The lowest BCUT2D eigenvalue weighted by Crippen LogP contribution is -2.38. The van der Waals surface area contributed by atoms with E-state index in [9.17, 15) is 9.18 Å². The first-order chi connectivity index (χ1) is 14.8. The summed E-state index contributed by atoms with van der Waals surface area (Å²) in [6.45, 7) is 4.37. The number of carbonyl (C=O) groups is 1. The molecule has 1 fully saturated rings. The van der Waals surface area contributed by atoms with Crippen LogP contribution in [0.1, 0.15) is 60.2 Å². The number of carbonyl (C=O) groups excluding carboxylic acids is 1. The third-order valence-electron chi connectivity index (χ3n) is 7.06. The van der Waals surface area contributed by atoms with Crippen molar-refractivity contribution in [3.63, 3.8) is 0 Å². The maximum Gasteiger partial charge on any atom is 0.376 e. The van der Waals surface area contributed by atoms with Crippen LogP contribution in [0.25, 0.3) is 11.3 Å². The number of fused-ring (bicyclic) bond motifs is 5. The monoisotopic (exact) mass is 438 g/mol. The number of halogens is 2. The van der Waals surface area contributed by atoms with Crippen molar-refractivity contribution in [3.8, 4) is 11.3 Å². The first-order valence-electron chi connectivity index (χ1n) is 10.1. The van der Waals surface area contributed by atoms with E-state index < -0.39 is 17.2 Å². The fourth-order valence-corrected chi connectivity index (χ4v) is 5.80. The van der Waals surface area contributed by atoms with Crippen molar-refractivity contribution in [2.75, 3.05) is 7.11 Å². The summed E-state index contributed by atoms with van der Waals surface area (Å²) in [6.07, 6.45) is 3.32. The van der Waals surface area contributed by atoms with Gasteiger partial charge in [0.2, 0.25) is 5.82 Å². The Kier molecular flexibility index (Phi) is 4.38. The molecule has 2 bridgehead atoms. The highest BCUT2D eigenvalue weighted by molar-refractivity contribution is 6.33. The van der Waals surface area contributed by atoms with Gasteiger partial charge in [-0.15, -0.1) is 0 Å². The molecule has 0 aliphatic heterocycles. The summed E-state index contributed by atoms with van der Waals surface area (Å²) in [7, 11) is 1.30. The van der Waals surface area contributed by atoms with Gasteiger partial charge in [0.15, 0.2) is 0 Å². The number of aromatic nitrogens is 4. The highest BCUT2D eigenvalue weighted by Crippen LogP contribution is 2.69. The molecule has 6 nitrogen and oxygen atoms in total. The lowest BCUT2D eigenvalue weighted by Gasteiger charge is -2.37. The molecule has 0 saturated heterocycles. The number of hydrogen-bond acceptors (Lipinski definition) is 6. The summed E-state index contributed by atoms with van der Waals surface area (Å²) in [6, 6.07) is 8.30. The van der Waals surface area contributed by atoms with Crippen LogP contribution >= 0.6 is 11.6 Å². The Balaban J connectivity index is 1.70. The van der Waals surface area contributed by atoms with Crippen LogP contribution in [0.5, 0.6) is 0 Å². The molecular formula is C23H20ClFN4O2. The number of methoxy groups -OCH3 is 1. The lowest BCUT2D eigenvalue weighted by atomic mass is 9.66. The number of hydrogen-bond donors (Lipinski definition) is 0. The minimum absolute atomic E-state index is 0.0183. The molecule has 3 aromatic rings. The van der Waals surface area contributed by atoms with Crippen molar-refractivity contribution in [2.24, 2.45) is 5.41 Å². The van der Waals surface area contributed by atoms with Crippen LogP contribution < -0.4 is 0 Å². The quantitative estimate of drug-likeness (QED) is 0.551. The predicted molar refractivity (Wildman–Crippen MR) is 112 cm³/mol. The summed E-state index contributed by atoms with van der Waals surface area (Å²) >= 11 is 6.27. The van der Waals surface area contributed by atoms with Crippen LogP contribution in [-0.4, -0.2) is 33.2 Å². The molecule has 8 heteroatoms. The highest BCUT2D eigenvalue weighted by Gasteiger charge is 2.65. The van der Waals surface area contributed by atoms with Crippen molar-refractivity contribution >= 4 is 17.6 Å². The Hall–Kier alpha value is -2.93. The van der Waals surface area contributed by atoms with E-state index in [1.807, 2.05) is 12.1 Å². The molecule has 2 heterocycles. The van der Waals surface area contributed by atoms with E-state index in [0.717, 1.165) is 29.8 Å². The van der Waals surface area contributed by atoms with Gasteiger partial charge in [-0.2, -0.15) is 10.2 Å². The van der Waals surface area contributed by atoms with E-state index in [0.29, 0.717) is 10.7 Å². The minimum Gasteiger partial charge on any atom is -0.463 e. The number of benzene rings is 1. The van der Waals surface area contributed by atoms with Crippen molar-refractivity contribution < 1.29 is 13.9 Å². The second kappa shape index (κ2) is 6.79. The van der Waals surface area contributed by atoms with Gasteiger partial charge in [0, 0.05) is 6.20 Å². The van der Waals surface area contributed by atoms with E-state index in [1.54, 1.807) is 18.3 Å². The number of esters is 1. The van der Waals surface area contributed by atoms with Crippen LogP contribution in [0.2, 0.25) is 5.02 Å². The fourth-order valence-electron chi connectivity index (χ4n) is 5.54.